The Kier molecular flexibility index (Phi) is 6.90. The summed E-state index contributed by atoms with van der Waals surface area (Å²) >= 11 is 1.19. The van der Waals surface area contributed by atoms with Crippen LogP contribution in [0.5, 0.6) is 0 Å². The van der Waals surface area contributed by atoms with Crippen LogP contribution in [-0.2, 0) is 16.0 Å². The highest BCUT2D eigenvalue weighted by molar-refractivity contribution is 7.14. The lowest BCUT2D eigenvalue weighted by atomic mass is 10.1. The highest BCUT2D eigenvalue weighted by Crippen LogP contribution is 2.18. The Morgan fingerprint density at radius 2 is 2.15 bits per heavy atom. The van der Waals surface area contributed by atoms with Crippen LogP contribution in [0.15, 0.2) is 22.1 Å². The molecule has 1 atom stereocenters. The maximum Gasteiger partial charge on any atom is 0.326 e. The number of hydrogen-bond donors (Lipinski definition) is 3. The number of unbranched alkanes of at least 4 members (excludes halogenated alkanes) is 1. The Morgan fingerprint density at radius 3 is 2.77 bits per heavy atom. The largest absolute Gasteiger partial charge is 0.480 e. The normalized spacial score (nSPS) is 11.8. The summed E-state index contributed by atoms with van der Waals surface area (Å²) in [5.74, 6) is -1.30. The lowest BCUT2D eigenvalue weighted by Gasteiger charge is -2.13. The molecular weight excluding hydrogens is 358 g/mol. The van der Waals surface area contributed by atoms with Gasteiger partial charge in [0.15, 0.2) is 5.13 Å². The SMILES string of the molecule is CCCCC(NC(=O)Cc1csc(NC(=O)c2ccoc2C)n1)C(=O)O. The van der Waals surface area contributed by atoms with Gasteiger partial charge in [-0.1, -0.05) is 19.8 Å². The number of hydrogen-bond acceptors (Lipinski definition) is 6. The molecule has 2 amide bonds. The summed E-state index contributed by atoms with van der Waals surface area (Å²) in [7, 11) is 0. The zero-order chi connectivity index (χ0) is 19.1. The fraction of sp³-hybridized carbons (Fsp3) is 0.412. The summed E-state index contributed by atoms with van der Waals surface area (Å²) in [5.41, 5.74) is 0.881. The van der Waals surface area contributed by atoms with Gasteiger partial charge in [0.25, 0.3) is 5.91 Å². The van der Waals surface area contributed by atoms with E-state index in [4.69, 9.17) is 9.52 Å². The van der Waals surface area contributed by atoms with E-state index in [0.717, 1.165) is 12.8 Å². The van der Waals surface area contributed by atoms with Gasteiger partial charge in [0.1, 0.15) is 11.8 Å². The molecule has 1 unspecified atom stereocenters. The number of rotatable bonds is 9. The molecule has 0 aliphatic carbocycles. The first kappa shape index (κ1) is 19.6. The number of amides is 2. The van der Waals surface area contributed by atoms with E-state index in [1.165, 1.54) is 17.6 Å². The number of thiazole rings is 1. The first-order valence-electron chi connectivity index (χ1n) is 8.22. The monoisotopic (exact) mass is 379 g/mol. The van der Waals surface area contributed by atoms with Crippen LogP contribution in [0.4, 0.5) is 5.13 Å². The zero-order valence-electron chi connectivity index (χ0n) is 14.6. The molecular formula is C17H21N3O5S. The lowest BCUT2D eigenvalue weighted by molar-refractivity contribution is -0.142. The van der Waals surface area contributed by atoms with Gasteiger partial charge >= 0.3 is 5.97 Å². The fourth-order valence-corrected chi connectivity index (χ4v) is 3.01. The maximum absolute atomic E-state index is 12.1. The van der Waals surface area contributed by atoms with Crippen molar-refractivity contribution in [2.75, 3.05) is 5.32 Å². The molecule has 2 rings (SSSR count). The van der Waals surface area contributed by atoms with E-state index < -0.39 is 17.9 Å². The summed E-state index contributed by atoms with van der Waals surface area (Å²) in [6.45, 7) is 3.64. The average Bonchev–Trinajstić information content (AvgIpc) is 3.20. The summed E-state index contributed by atoms with van der Waals surface area (Å²) in [6.07, 6.45) is 3.34. The van der Waals surface area contributed by atoms with Gasteiger partial charge in [-0.25, -0.2) is 9.78 Å². The standard InChI is InChI=1S/C17H21N3O5S/c1-3-4-5-13(16(23)24)19-14(21)8-11-9-26-17(18-11)20-15(22)12-6-7-25-10(12)2/h6-7,9,13H,3-5,8H2,1-2H3,(H,19,21)(H,23,24)(H,18,20,22). The van der Waals surface area contributed by atoms with Crippen molar-refractivity contribution in [2.45, 2.75) is 45.6 Å². The van der Waals surface area contributed by atoms with Crippen LogP contribution in [0, 0.1) is 6.92 Å². The minimum Gasteiger partial charge on any atom is -0.480 e. The Hall–Kier alpha value is -2.68. The summed E-state index contributed by atoms with van der Waals surface area (Å²) in [4.78, 5) is 39.5. The van der Waals surface area contributed by atoms with Gasteiger partial charge in [-0.05, 0) is 19.4 Å². The van der Waals surface area contributed by atoms with Crippen LogP contribution < -0.4 is 10.6 Å². The van der Waals surface area contributed by atoms with E-state index >= 15 is 0 Å². The van der Waals surface area contributed by atoms with Crippen LogP contribution in [0.3, 0.4) is 0 Å². The number of carboxylic acid groups (broad SMARTS) is 1. The van der Waals surface area contributed by atoms with Crippen molar-refractivity contribution in [1.82, 2.24) is 10.3 Å². The molecule has 9 heteroatoms. The molecule has 3 N–H and O–H groups in total. The number of aromatic nitrogens is 1. The molecule has 140 valence electrons. The average molecular weight is 379 g/mol. The number of carbonyl (C=O) groups excluding carboxylic acids is 2. The predicted molar refractivity (Wildman–Crippen MR) is 96.3 cm³/mol. The van der Waals surface area contributed by atoms with Crippen molar-refractivity contribution in [2.24, 2.45) is 0 Å². The zero-order valence-corrected chi connectivity index (χ0v) is 15.4. The van der Waals surface area contributed by atoms with E-state index in [1.807, 2.05) is 6.92 Å². The number of aryl methyl sites for hydroxylation is 1. The van der Waals surface area contributed by atoms with Crippen molar-refractivity contribution in [3.05, 3.63) is 34.7 Å². The molecule has 0 saturated carbocycles. The second-order valence-electron chi connectivity index (χ2n) is 5.77. The van der Waals surface area contributed by atoms with E-state index in [-0.39, 0.29) is 12.3 Å². The molecule has 0 aliphatic heterocycles. The van der Waals surface area contributed by atoms with E-state index in [9.17, 15) is 14.4 Å². The smallest absolute Gasteiger partial charge is 0.326 e. The van der Waals surface area contributed by atoms with E-state index in [2.05, 4.69) is 15.6 Å². The molecule has 0 saturated heterocycles. The predicted octanol–water partition coefficient (Wildman–Crippen LogP) is 2.60. The minimum absolute atomic E-state index is 0.0486. The van der Waals surface area contributed by atoms with Crippen molar-refractivity contribution in [3.8, 4) is 0 Å². The fourth-order valence-electron chi connectivity index (χ4n) is 2.31. The molecule has 2 aromatic heterocycles. The van der Waals surface area contributed by atoms with Crippen molar-refractivity contribution in [3.63, 3.8) is 0 Å². The van der Waals surface area contributed by atoms with Crippen molar-refractivity contribution >= 4 is 34.3 Å². The maximum atomic E-state index is 12.1. The van der Waals surface area contributed by atoms with Gasteiger partial charge in [-0.15, -0.1) is 11.3 Å². The molecule has 2 heterocycles. The first-order chi connectivity index (χ1) is 12.4. The molecule has 26 heavy (non-hydrogen) atoms. The Morgan fingerprint density at radius 1 is 1.38 bits per heavy atom. The third-order valence-electron chi connectivity index (χ3n) is 3.70. The number of carboxylic acids is 1. The third kappa shape index (κ3) is 5.41. The van der Waals surface area contributed by atoms with Gasteiger partial charge in [-0.2, -0.15) is 0 Å². The molecule has 0 spiro atoms. The second-order valence-corrected chi connectivity index (χ2v) is 6.62. The van der Waals surface area contributed by atoms with E-state index in [1.54, 1.807) is 18.4 Å². The van der Waals surface area contributed by atoms with Crippen LogP contribution in [0.1, 0.15) is 48.0 Å². The summed E-state index contributed by atoms with van der Waals surface area (Å²) in [6, 6.07) is 0.666. The summed E-state index contributed by atoms with van der Waals surface area (Å²) in [5, 5.41) is 16.3. The molecule has 0 bridgehead atoms. The highest BCUT2D eigenvalue weighted by atomic mass is 32.1. The highest BCUT2D eigenvalue weighted by Gasteiger charge is 2.20. The number of carbonyl (C=O) groups is 3. The van der Waals surface area contributed by atoms with Crippen LogP contribution >= 0.6 is 11.3 Å². The van der Waals surface area contributed by atoms with Gasteiger partial charge < -0.3 is 14.8 Å². The molecule has 0 fully saturated rings. The molecule has 0 aromatic carbocycles. The third-order valence-corrected chi connectivity index (χ3v) is 4.50. The van der Waals surface area contributed by atoms with Crippen LogP contribution in [0.2, 0.25) is 0 Å². The van der Waals surface area contributed by atoms with E-state index in [0.29, 0.717) is 28.6 Å². The quantitative estimate of drug-likeness (QED) is 0.616. The van der Waals surface area contributed by atoms with Crippen molar-refractivity contribution < 1.29 is 23.9 Å². The number of anilines is 1. The van der Waals surface area contributed by atoms with Gasteiger partial charge in [-0.3, -0.25) is 14.9 Å². The first-order valence-corrected chi connectivity index (χ1v) is 9.10. The molecule has 0 aliphatic rings. The number of nitrogens with zero attached hydrogens (tertiary/aromatic N) is 1. The van der Waals surface area contributed by atoms with Gasteiger partial charge in [0.05, 0.1) is 23.9 Å². The number of aliphatic carboxylic acids is 1. The lowest BCUT2D eigenvalue weighted by Crippen LogP contribution is -2.41. The topological polar surface area (TPSA) is 122 Å². The van der Waals surface area contributed by atoms with Gasteiger partial charge in [0, 0.05) is 5.38 Å². The van der Waals surface area contributed by atoms with Crippen molar-refractivity contribution in [1.29, 1.82) is 0 Å². The Bertz CT molecular complexity index is 783. The molecule has 8 nitrogen and oxygen atoms in total. The van der Waals surface area contributed by atoms with Crippen LogP contribution in [-0.4, -0.2) is 33.9 Å². The van der Waals surface area contributed by atoms with Gasteiger partial charge in [0.2, 0.25) is 5.91 Å². The molecule has 0 radical (unpaired) electrons. The Labute approximate surface area is 154 Å². The number of furan rings is 1. The molecule has 2 aromatic rings. The Balaban J connectivity index is 1.91. The minimum atomic E-state index is -1.05. The second kappa shape index (κ2) is 9.14. The number of nitrogens with one attached hydrogen (secondary N) is 2. The summed E-state index contributed by atoms with van der Waals surface area (Å²) < 4.78 is 5.09. The van der Waals surface area contributed by atoms with Crippen LogP contribution in [0.25, 0.3) is 0 Å².